The number of aromatic amines is 2. The highest BCUT2D eigenvalue weighted by Crippen LogP contribution is 2.37. The van der Waals surface area contributed by atoms with Gasteiger partial charge in [-0.1, -0.05) is 72.8 Å². The molecule has 8 rings (SSSR count). The lowest BCUT2D eigenvalue weighted by atomic mass is 10.0. The van der Waals surface area contributed by atoms with Gasteiger partial charge in [-0.2, -0.15) is 0 Å². The SMILES string of the molecule is CC(=O)NC(C(=O)N1CCCC1c1nc2cc(-c3ccc4[nH]c(C5CCCN5C(=O)C(NC(C)=O)c5ccccc5)nc4c3)ccc2[nH]1)c1ccccc1. The van der Waals surface area contributed by atoms with E-state index in [0.29, 0.717) is 13.1 Å². The summed E-state index contributed by atoms with van der Waals surface area (Å²) in [7, 11) is 0. The number of aromatic nitrogens is 4. The molecule has 4 heterocycles. The number of amides is 4. The van der Waals surface area contributed by atoms with Crippen LogP contribution in [0.3, 0.4) is 0 Å². The second-order valence-electron chi connectivity index (χ2n) is 14.2. The van der Waals surface area contributed by atoms with Gasteiger partial charge in [0.2, 0.25) is 23.6 Å². The number of hydrogen-bond donors (Lipinski definition) is 4. The predicted octanol–water partition coefficient (Wildman–Crippen LogP) is 6.19. The summed E-state index contributed by atoms with van der Waals surface area (Å²) < 4.78 is 0. The van der Waals surface area contributed by atoms with Crippen LogP contribution >= 0.6 is 0 Å². The van der Waals surface area contributed by atoms with Crippen molar-refractivity contribution in [2.75, 3.05) is 13.1 Å². The molecule has 4 aromatic carbocycles. The van der Waals surface area contributed by atoms with Gasteiger partial charge in [0, 0.05) is 26.9 Å². The standard InChI is InChI=1S/C42H42N8O4/c1-25(51)43-37(27-11-5-3-6-12-27)41(53)49-21-9-15-35(49)39-45-31-19-17-29(23-33(31)47-39)30-18-20-32-34(24-30)48-40(46-32)36-16-10-22-50(36)42(54)38(44-26(2)52)28-13-7-4-8-14-28/h3-8,11-14,17-20,23-24,35-38H,9-10,15-16,21-22H2,1-2H3,(H,43,51)(H,44,52)(H,45,47)(H,46,48). The zero-order chi connectivity index (χ0) is 37.3. The number of nitrogens with one attached hydrogen (secondary N) is 4. The molecule has 274 valence electrons. The molecule has 0 aliphatic carbocycles. The lowest BCUT2D eigenvalue weighted by Gasteiger charge is -2.28. The van der Waals surface area contributed by atoms with Gasteiger partial charge in [0.25, 0.3) is 0 Å². The van der Waals surface area contributed by atoms with Crippen molar-refractivity contribution < 1.29 is 19.2 Å². The Morgan fingerprint density at radius 1 is 0.611 bits per heavy atom. The van der Waals surface area contributed by atoms with Gasteiger partial charge >= 0.3 is 0 Å². The molecule has 2 saturated heterocycles. The van der Waals surface area contributed by atoms with Crippen LogP contribution in [-0.4, -0.2) is 66.5 Å². The number of hydrogen-bond acceptors (Lipinski definition) is 6. The minimum Gasteiger partial charge on any atom is -0.341 e. The van der Waals surface area contributed by atoms with E-state index in [2.05, 4.69) is 20.6 Å². The first kappa shape index (κ1) is 34.8. The average molecular weight is 723 g/mol. The third-order valence-corrected chi connectivity index (χ3v) is 10.5. The van der Waals surface area contributed by atoms with Crippen LogP contribution in [-0.2, 0) is 19.2 Å². The molecular weight excluding hydrogens is 681 g/mol. The Hall–Kier alpha value is -6.30. The number of imidazole rings is 2. The van der Waals surface area contributed by atoms with Crippen LogP contribution in [0.1, 0.15) is 86.5 Å². The summed E-state index contributed by atoms with van der Waals surface area (Å²) in [4.78, 5) is 72.6. The summed E-state index contributed by atoms with van der Waals surface area (Å²) in [6, 6.07) is 28.8. The first-order chi connectivity index (χ1) is 26.2. The second-order valence-corrected chi connectivity index (χ2v) is 14.2. The predicted molar refractivity (Wildman–Crippen MR) is 205 cm³/mol. The van der Waals surface area contributed by atoms with Gasteiger partial charge in [0.1, 0.15) is 23.7 Å². The Kier molecular flexibility index (Phi) is 9.41. The number of likely N-dealkylation sites (tertiary alicyclic amines) is 2. The van der Waals surface area contributed by atoms with E-state index in [9.17, 15) is 19.2 Å². The fourth-order valence-corrected chi connectivity index (χ4v) is 7.96. The maximum atomic E-state index is 13.9. The van der Waals surface area contributed by atoms with Crippen molar-refractivity contribution in [3.8, 4) is 11.1 Å². The Bertz CT molecular complexity index is 2190. The zero-order valence-electron chi connectivity index (χ0n) is 30.2. The van der Waals surface area contributed by atoms with Crippen molar-refractivity contribution >= 4 is 45.7 Å². The third kappa shape index (κ3) is 6.82. The molecule has 0 spiro atoms. The Morgan fingerprint density at radius 3 is 1.41 bits per heavy atom. The van der Waals surface area contributed by atoms with Crippen molar-refractivity contribution in [1.29, 1.82) is 0 Å². The van der Waals surface area contributed by atoms with Crippen LogP contribution in [0.25, 0.3) is 33.2 Å². The van der Waals surface area contributed by atoms with Gasteiger partial charge in [-0.3, -0.25) is 19.2 Å². The van der Waals surface area contributed by atoms with Crippen LogP contribution in [0.4, 0.5) is 0 Å². The quantitative estimate of drug-likeness (QED) is 0.140. The summed E-state index contributed by atoms with van der Waals surface area (Å²) in [6.45, 7) is 4.01. The van der Waals surface area contributed by atoms with E-state index < -0.39 is 12.1 Å². The van der Waals surface area contributed by atoms with Crippen molar-refractivity contribution in [2.45, 2.75) is 63.7 Å². The number of carbonyl (C=O) groups excluding carboxylic acids is 4. The van der Waals surface area contributed by atoms with Gasteiger partial charge in [0.15, 0.2) is 0 Å². The molecule has 0 bridgehead atoms. The summed E-state index contributed by atoms with van der Waals surface area (Å²) in [5.41, 5.74) is 6.75. The Morgan fingerprint density at radius 2 is 1.02 bits per heavy atom. The van der Waals surface area contributed by atoms with Crippen LogP contribution in [0.5, 0.6) is 0 Å². The zero-order valence-corrected chi connectivity index (χ0v) is 30.2. The van der Waals surface area contributed by atoms with Crippen molar-refractivity contribution in [3.05, 3.63) is 120 Å². The van der Waals surface area contributed by atoms with Gasteiger partial charge in [0.05, 0.1) is 34.2 Å². The Balaban J connectivity index is 1.03. The molecule has 6 aromatic rings. The van der Waals surface area contributed by atoms with Crippen LogP contribution in [0.2, 0.25) is 0 Å². The topological polar surface area (TPSA) is 156 Å². The minimum atomic E-state index is -0.773. The summed E-state index contributed by atoms with van der Waals surface area (Å²) >= 11 is 0. The number of carbonyl (C=O) groups is 4. The number of H-pyrrole nitrogens is 2. The van der Waals surface area contributed by atoms with Gasteiger partial charge < -0.3 is 30.4 Å². The maximum Gasteiger partial charge on any atom is 0.250 e. The fourth-order valence-electron chi connectivity index (χ4n) is 7.96. The molecule has 12 nitrogen and oxygen atoms in total. The fraction of sp³-hybridized carbons (Fsp3) is 0.286. The molecule has 0 saturated carbocycles. The molecule has 2 aliphatic heterocycles. The van der Waals surface area contributed by atoms with E-state index in [4.69, 9.17) is 9.97 Å². The first-order valence-electron chi connectivity index (χ1n) is 18.5. The molecule has 4 unspecified atom stereocenters. The van der Waals surface area contributed by atoms with Crippen molar-refractivity contribution in [3.63, 3.8) is 0 Å². The molecular formula is C42H42N8O4. The van der Waals surface area contributed by atoms with Gasteiger partial charge in [-0.05, 0) is 72.2 Å². The normalized spacial score (nSPS) is 18.2. The monoisotopic (exact) mass is 722 g/mol. The van der Waals surface area contributed by atoms with Crippen molar-refractivity contribution in [2.24, 2.45) is 0 Å². The molecule has 12 heteroatoms. The maximum absolute atomic E-state index is 13.9. The molecule has 2 fully saturated rings. The molecule has 4 amide bonds. The second kappa shape index (κ2) is 14.6. The highest BCUT2D eigenvalue weighted by molar-refractivity contribution is 5.90. The van der Waals surface area contributed by atoms with Crippen LogP contribution < -0.4 is 10.6 Å². The van der Waals surface area contributed by atoms with Gasteiger partial charge in [-0.15, -0.1) is 0 Å². The van der Waals surface area contributed by atoms with Crippen LogP contribution in [0, 0.1) is 0 Å². The lowest BCUT2D eigenvalue weighted by molar-refractivity contribution is -0.137. The number of fused-ring (bicyclic) bond motifs is 2. The average Bonchev–Trinajstić information content (AvgIpc) is 4.01. The van der Waals surface area contributed by atoms with E-state index in [1.54, 1.807) is 0 Å². The largest absolute Gasteiger partial charge is 0.341 e. The molecule has 54 heavy (non-hydrogen) atoms. The van der Waals surface area contributed by atoms with E-state index in [0.717, 1.165) is 81.7 Å². The third-order valence-electron chi connectivity index (χ3n) is 10.5. The van der Waals surface area contributed by atoms with Gasteiger partial charge in [-0.25, -0.2) is 9.97 Å². The number of rotatable bonds is 9. The Labute approximate surface area is 312 Å². The number of benzene rings is 4. The molecule has 2 aliphatic rings. The highest BCUT2D eigenvalue weighted by atomic mass is 16.2. The van der Waals surface area contributed by atoms with E-state index >= 15 is 0 Å². The van der Waals surface area contributed by atoms with E-state index in [1.807, 2.05) is 107 Å². The molecule has 4 N–H and O–H groups in total. The molecule has 2 aromatic heterocycles. The van der Waals surface area contributed by atoms with E-state index in [-0.39, 0.29) is 35.7 Å². The van der Waals surface area contributed by atoms with E-state index in [1.165, 1.54) is 13.8 Å². The van der Waals surface area contributed by atoms with Crippen LogP contribution in [0.15, 0.2) is 97.1 Å². The molecule has 0 radical (unpaired) electrons. The molecule has 4 atom stereocenters. The first-order valence-corrected chi connectivity index (χ1v) is 18.5. The number of nitrogens with zero attached hydrogens (tertiary/aromatic N) is 4. The minimum absolute atomic E-state index is 0.152. The summed E-state index contributed by atoms with van der Waals surface area (Å²) in [6.07, 6.45) is 3.20. The summed E-state index contributed by atoms with van der Waals surface area (Å²) in [5, 5.41) is 5.70. The summed E-state index contributed by atoms with van der Waals surface area (Å²) in [5.74, 6) is 0.609. The van der Waals surface area contributed by atoms with Crippen molar-refractivity contribution in [1.82, 2.24) is 40.4 Å². The smallest absolute Gasteiger partial charge is 0.250 e. The lowest BCUT2D eigenvalue weighted by Crippen LogP contribution is -2.42. The highest BCUT2D eigenvalue weighted by Gasteiger charge is 2.38.